The summed E-state index contributed by atoms with van der Waals surface area (Å²) in [6.07, 6.45) is 7.99. The van der Waals surface area contributed by atoms with Gasteiger partial charge < -0.3 is 5.32 Å². The van der Waals surface area contributed by atoms with E-state index in [0.29, 0.717) is 11.3 Å². The van der Waals surface area contributed by atoms with Crippen LogP contribution in [0.3, 0.4) is 0 Å². The van der Waals surface area contributed by atoms with Crippen LogP contribution in [0, 0.1) is 0 Å². The van der Waals surface area contributed by atoms with Gasteiger partial charge in [0.1, 0.15) is 0 Å². The molecule has 1 aliphatic rings. The smallest absolute Gasteiger partial charge is 0.0184 e. The van der Waals surface area contributed by atoms with E-state index in [2.05, 4.69) is 24.9 Å². The predicted molar refractivity (Wildman–Crippen MR) is 57.9 cm³/mol. The first kappa shape index (κ1) is 10.4. The Morgan fingerprint density at radius 1 is 1.33 bits per heavy atom. The van der Waals surface area contributed by atoms with Crippen LogP contribution in [0.1, 0.15) is 45.4 Å². The fraction of sp³-hybridized carbons (Fsp3) is 1.00. The van der Waals surface area contributed by atoms with Crippen molar-refractivity contribution in [2.75, 3.05) is 6.54 Å². The Morgan fingerprint density at radius 2 is 2.08 bits per heavy atom. The molecule has 0 aromatic heterocycles. The monoisotopic (exact) mass is 187 g/mol. The minimum atomic E-state index is 0.607. The number of rotatable bonds is 4. The molecule has 12 heavy (non-hydrogen) atoms. The van der Waals surface area contributed by atoms with Crippen LogP contribution in [0.5, 0.6) is 0 Å². The topological polar surface area (TPSA) is 12.0 Å². The Morgan fingerprint density at radius 3 is 2.75 bits per heavy atom. The third-order valence-corrected chi connectivity index (χ3v) is 3.28. The van der Waals surface area contributed by atoms with Gasteiger partial charge in [0.2, 0.25) is 0 Å². The first-order chi connectivity index (χ1) is 5.84. The van der Waals surface area contributed by atoms with Gasteiger partial charge in [0.15, 0.2) is 0 Å². The van der Waals surface area contributed by atoms with E-state index in [-0.39, 0.29) is 0 Å². The van der Waals surface area contributed by atoms with Gasteiger partial charge in [-0.05, 0) is 25.8 Å². The highest BCUT2D eigenvalue weighted by atomic mass is 32.1. The van der Waals surface area contributed by atoms with Gasteiger partial charge in [-0.2, -0.15) is 12.6 Å². The second kappa shape index (κ2) is 5.87. The molecule has 1 saturated carbocycles. The summed E-state index contributed by atoms with van der Waals surface area (Å²) in [6, 6.07) is 0.689. The number of hydrogen-bond donors (Lipinski definition) is 2. The number of nitrogens with one attached hydrogen (secondary N) is 1. The molecular formula is C10H21NS. The molecule has 0 heterocycles. The van der Waals surface area contributed by atoms with E-state index in [1.807, 2.05) is 0 Å². The summed E-state index contributed by atoms with van der Waals surface area (Å²) < 4.78 is 0. The largest absolute Gasteiger partial charge is 0.313 e. The lowest BCUT2D eigenvalue weighted by atomic mass is 9.95. The van der Waals surface area contributed by atoms with Crippen LogP contribution in [0.15, 0.2) is 0 Å². The summed E-state index contributed by atoms with van der Waals surface area (Å²) in [5, 5.41) is 4.20. The molecule has 1 rings (SSSR count). The molecule has 2 heteroatoms. The van der Waals surface area contributed by atoms with Crippen molar-refractivity contribution in [3.63, 3.8) is 0 Å². The van der Waals surface area contributed by atoms with Crippen LogP contribution in [-0.4, -0.2) is 17.8 Å². The summed E-state index contributed by atoms with van der Waals surface area (Å²) >= 11 is 4.60. The summed E-state index contributed by atoms with van der Waals surface area (Å²) in [7, 11) is 0. The molecule has 0 radical (unpaired) electrons. The van der Waals surface area contributed by atoms with Crippen molar-refractivity contribution in [2.24, 2.45) is 0 Å². The highest BCUT2D eigenvalue weighted by Gasteiger charge is 2.20. The number of unbranched alkanes of at least 4 members (excludes halogenated alkanes) is 1. The zero-order chi connectivity index (χ0) is 8.81. The standard InChI is InChI=1S/C10H21NS/c1-2-3-8-11-9-6-4-5-7-10(9)12/h9-12H,2-8H2,1H3/t9-,10-/m1/s1. The number of hydrogen-bond acceptors (Lipinski definition) is 2. The summed E-state index contributed by atoms with van der Waals surface area (Å²) in [6.45, 7) is 3.42. The molecule has 0 unspecified atom stereocenters. The van der Waals surface area contributed by atoms with Gasteiger partial charge in [-0.15, -0.1) is 0 Å². The fourth-order valence-corrected chi connectivity index (χ4v) is 2.25. The zero-order valence-electron chi connectivity index (χ0n) is 8.05. The van der Waals surface area contributed by atoms with Crippen LogP contribution < -0.4 is 5.32 Å². The first-order valence-corrected chi connectivity index (χ1v) is 5.77. The molecule has 0 aromatic rings. The molecule has 1 aliphatic carbocycles. The van der Waals surface area contributed by atoms with Crippen molar-refractivity contribution >= 4 is 12.6 Å². The van der Waals surface area contributed by atoms with Crippen LogP contribution in [0.25, 0.3) is 0 Å². The molecule has 0 aromatic carbocycles. The molecule has 0 spiro atoms. The molecule has 2 atom stereocenters. The SMILES string of the molecule is CCCCN[C@@H]1CCCC[C@H]1S. The van der Waals surface area contributed by atoms with Gasteiger partial charge in [-0.1, -0.05) is 26.2 Å². The second-order valence-electron chi connectivity index (χ2n) is 3.77. The fourth-order valence-electron chi connectivity index (χ4n) is 1.81. The van der Waals surface area contributed by atoms with E-state index >= 15 is 0 Å². The van der Waals surface area contributed by atoms with Crippen LogP contribution in [-0.2, 0) is 0 Å². The maximum absolute atomic E-state index is 4.60. The van der Waals surface area contributed by atoms with Gasteiger partial charge in [0, 0.05) is 11.3 Å². The highest BCUT2D eigenvalue weighted by molar-refractivity contribution is 7.81. The maximum atomic E-state index is 4.60. The Hall–Kier alpha value is 0.310. The minimum absolute atomic E-state index is 0.607. The van der Waals surface area contributed by atoms with Crippen LogP contribution in [0.4, 0.5) is 0 Å². The lowest BCUT2D eigenvalue weighted by Gasteiger charge is -2.28. The van der Waals surface area contributed by atoms with E-state index in [0.717, 1.165) is 0 Å². The van der Waals surface area contributed by atoms with E-state index in [4.69, 9.17) is 0 Å². The quantitative estimate of drug-likeness (QED) is 0.509. The third kappa shape index (κ3) is 3.36. The van der Waals surface area contributed by atoms with Crippen molar-refractivity contribution in [1.29, 1.82) is 0 Å². The van der Waals surface area contributed by atoms with E-state index < -0.39 is 0 Å². The Balaban J connectivity index is 2.11. The molecule has 0 aliphatic heterocycles. The summed E-state index contributed by atoms with van der Waals surface area (Å²) in [4.78, 5) is 0. The molecule has 72 valence electrons. The van der Waals surface area contributed by atoms with Gasteiger partial charge in [-0.3, -0.25) is 0 Å². The van der Waals surface area contributed by atoms with Crippen molar-refractivity contribution in [1.82, 2.24) is 5.32 Å². The lowest BCUT2D eigenvalue weighted by Crippen LogP contribution is -2.39. The molecule has 1 nitrogen and oxygen atoms in total. The molecule has 1 fully saturated rings. The highest BCUT2D eigenvalue weighted by Crippen LogP contribution is 2.22. The second-order valence-corrected chi connectivity index (χ2v) is 4.43. The van der Waals surface area contributed by atoms with E-state index in [9.17, 15) is 0 Å². The van der Waals surface area contributed by atoms with E-state index in [1.165, 1.54) is 45.1 Å². The molecule has 0 bridgehead atoms. The Labute approximate surface area is 81.7 Å². The van der Waals surface area contributed by atoms with Gasteiger partial charge in [0.25, 0.3) is 0 Å². The molecular weight excluding hydrogens is 166 g/mol. The summed E-state index contributed by atoms with van der Waals surface area (Å²) in [5.41, 5.74) is 0. The zero-order valence-corrected chi connectivity index (χ0v) is 8.95. The predicted octanol–water partition coefficient (Wildman–Crippen LogP) is 2.62. The van der Waals surface area contributed by atoms with Gasteiger partial charge in [0.05, 0.1) is 0 Å². The third-order valence-electron chi connectivity index (χ3n) is 2.67. The number of thiol groups is 1. The minimum Gasteiger partial charge on any atom is -0.313 e. The molecule has 0 saturated heterocycles. The average molecular weight is 187 g/mol. The first-order valence-electron chi connectivity index (χ1n) is 5.26. The van der Waals surface area contributed by atoms with Gasteiger partial charge >= 0.3 is 0 Å². The van der Waals surface area contributed by atoms with Gasteiger partial charge in [-0.25, -0.2) is 0 Å². The molecule has 1 N–H and O–H groups in total. The maximum Gasteiger partial charge on any atom is 0.0184 e. The van der Waals surface area contributed by atoms with Crippen molar-refractivity contribution in [3.05, 3.63) is 0 Å². The van der Waals surface area contributed by atoms with E-state index in [1.54, 1.807) is 0 Å². The van der Waals surface area contributed by atoms with Crippen LogP contribution >= 0.6 is 12.6 Å². The van der Waals surface area contributed by atoms with Crippen molar-refractivity contribution < 1.29 is 0 Å². The normalized spacial score (nSPS) is 30.5. The van der Waals surface area contributed by atoms with Crippen molar-refractivity contribution in [3.8, 4) is 0 Å². The average Bonchev–Trinajstić information content (AvgIpc) is 2.09. The van der Waals surface area contributed by atoms with Crippen LogP contribution in [0.2, 0.25) is 0 Å². The lowest BCUT2D eigenvalue weighted by molar-refractivity contribution is 0.383. The summed E-state index contributed by atoms with van der Waals surface area (Å²) in [5.74, 6) is 0. The van der Waals surface area contributed by atoms with Crippen molar-refractivity contribution in [2.45, 2.75) is 56.7 Å². The Bertz CT molecular complexity index is 116. The Kier molecular flexibility index (Phi) is 5.08. The molecule has 0 amide bonds.